The number of benzene rings is 2. The van der Waals surface area contributed by atoms with Gasteiger partial charge in [-0.3, -0.25) is 14.7 Å². The van der Waals surface area contributed by atoms with Crippen LogP contribution in [-0.2, 0) is 13.0 Å². The predicted molar refractivity (Wildman–Crippen MR) is 126 cm³/mol. The number of aromatic nitrogens is 3. The van der Waals surface area contributed by atoms with Crippen molar-refractivity contribution >= 4 is 11.7 Å². The number of amides is 1. The Balaban J connectivity index is 1.65. The summed E-state index contributed by atoms with van der Waals surface area (Å²) in [6.07, 6.45) is 2.77. The first kappa shape index (κ1) is 23.7. The number of nitrogens with one attached hydrogen (secondary N) is 2. The van der Waals surface area contributed by atoms with Crippen LogP contribution in [0.15, 0.2) is 71.8 Å². The molecule has 0 saturated carbocycles. The fourth-order valence-electron chi connectivity index (χ4n) is 3.73. The van der Waals surface area contributed by atoms with E-state index in [0.29, 0.717) is 12.1 Å². The summed E-state index contributed by atoms with van der Waals surface area (Å²) in [7, 11) is 1.29. The highest BCUT2D eigenvalue weighted by Crippen LogP contribution is 2.28. The number of ether oxygens (including phenoxy) is 1. The number of aromatic amines is 1. The van der Waals surface area contributed by atoms with Gasteiger partial charge in [-0.25, -0.2) is 8.78 Å². The molecular formula is C25H23F2N5O3. The monoisotopic (exact) mass is 479 g/mol. The summed E-state index contributed by atoms with van der Waals surface area (Å²) in [5.74, 6) is -2.18. The van der Waals surface area contributed by atoms with E-state index in [-0.39, 0.29) is 34.7 Å². The molecule has 2 aromatic heterocycles. The maximum atomic E-state index is 14.9. The van der Waals surface area contributed by atoms with Crippen LogP contribution in [0.5, 0.6) is 5.75 Å². The Morgan fingerprint density at radius 2 is 1.94 bits per heavy atom. The topological polar surface area (TPSA) is 115 Å². The summed E-state index contributed by atoms with van der Waals surface area (Å²) < 4.78 is 36.0. The molecule has 8 nitrogen and oxygen atoms in total. The van der Waals surface area contributed by atoms with Gasteiger partial charge >= 0.3 is 0 Å². The number of H-pyrrole nitrogens is 1. The molecule has 0 fully saturated rings. The maximum absolute atomic E-state index is 14.9. The molecule has 0 aliphatic rings. The van der Waals surface area contributed by atoms with Crippen LogP contribution in [0.4, 0.5) is 14.6 Å². The predicted octanol–water partition coefficient (Wildman–Crippen LogP) is 3.20. The zero-order valence-electron chi connectivity index (χ0n) is 18.8. The van der Waals surface area contributed by atoms with Crippen LogP contribution in [0.2, 0.25) is 0 Å². The molecule has 10 heteroatoms. The Bertz CT molecular complexity index is 1400. The van der Waals surface area contributed by atoms with Gasteiger partial charge in [0.15, 0.2) is 11.6 Å². The summed E-state index contributed by atoms with van der Waals surface area (Å²) in [4.78, 5) is 24.8. The van der Waals surface area contributed by atoms with E-state index in [9.17, 15) is 18.4 Å². The molecular weight excluding hydrogens is 456 g/mol. The van der Waals surface area contributed by atoms with Gasteiger partial charge in [0, 0.05) is 24.2 Å². The van der Waals surface area contributed by atoms with Gasteiger partial charge in [0.05, 0.1) is 25.9 Å². The number of nitrogens with two attached hydrogens (primary N) is 1. The summed E-state index contributed by atoms with van der Waals surface area (Å²) in [6.45, 7) is 0.349. The number of anilines is 1. The quantitative estimate of drug-likeness (QED) is 0.359. The SMILES string of the molecule is COc1ccc(F)c(CC(NC(=O)c2cn[nH]c2N)c2ccc(Cn3ccccc3=O)cc2)c1F. The normalized spacial score (nSPS) is 11.7. The summed E-state index contributed by atoms with van der Waals surface area (Å²) >= 11 is 0. The Kier molecular flexibility index (Phi) is 6.91. The summed E-state index contributed by atoms with van der Waals surface area (Å²) in [5, 5.41) is 9.01. The summed E-state index contributed by atoms with van der Waals surface area (Å²) in [5.41, 5.74) is 6.95. The Hall–Kier alpha value is -4.47. The number of rotatable bonds is 8. The molecule has 0 spiro atoms. The minimum absolute atomic E-state index is 0.0728. The molecule has 180 valence electrons. The third kappa shape index (κ3) is 5.21. The molecule has 1 atom stereocenters. The average Bonchev–Trinajstić information content (AvgIpc) is 3.29. The molecule has 2 heterocycles. The highest BCUT2D eigenvalue weighted by Gasteiger charge is 2.23. The standard InChI is InChI=1S/C25H23F2N5O3/c1-35-21-10-9-19(26)17(23(21)27)12-20(30-25(34)18-13-29-31-24(18)28)16-7-5-15(6-8-16)14-32-11-3-2-4-22(32)33/h2-11,13,20H,12,14H2,1H3,(H,30,34)(H3,28,29,31). The smallest absolute Gasteiger partial charge is 0.257 e. The first-order chi connectivity index (χ1) is 16.9. The Labute approximate surface area is 199 Å². The second-order valence-corrected chi connectivity index (χ2v) is 7.88. The molecule has 35 heavy (non-hydrogen) atoms. The number of carbonyl (C=O) groups is 1. The fraction of sp³-hybridized carbons (Fsp3) is 0.160. The van der Waals surface area contributed by atoms with Crippen molar-refractivity contribution in [3.8, 4) is 5.75 Å². The van der Waals surface area contributed by atoms with Gasteiger partial charge in [-0.15, -0.1) is 0 Å². The van der Waals surface area contributed by atoms with Crippen molar-refractivity contribution in [2.75, 3.05) is 12.8 Å². The molecule has 0 saturated heterocycles. The molecule has 0 aliphatic carbocycles. The van der Waals surface area contributed by atoms with Crippen LogP contribution in [0.1, 0.15) is 33.1 Å². The molecule has 4 rings (SSSR count). The number of methoxy groups -OCH3 is 1. The van der Waals surface area contributed by atoms with E-state index >= 15 is 0 Å². The second kappa shape index (κ2) is 10.2. The van der Waals surface area contributed by atoms with Crippen LogP contribution in [0.25, 0.3) is 0 Å². The van der Waals surface area contributed by atoms with Crippen LogP contribution in [-0.4, -0.2) is 27.8 Å². The summed E-state index contributed by atoms with van der Waals surface area (Å²) in [6, 6.07) is 13.5. The van der Waals surface area contributed by atoms with Crippen molar-refractivity contribution in [3.05, 3.63) is 111 Å². The van der Waals surface area contributed by atoms with E-state index < -0.39 is 23.6 Å². The van der Waals surface area contributed by atoms with E-state index in [1.54, 1.807) is 47.2 Å². The van der Waals surface area contributed by atoms with Crippen molar-refractivity contribution in [3.63, 3.8) is 0 Å². The minimum Gasteiger partial charge on any atom is -0.494 e. The molecule has 1 amide bonds. The molecule has 0 bridgehead atoms. The maximum Gasteiger partial charge on any atom is 0.257 e. The molecule has 0 radical (unpaired) electrons. The van der Waals surface area contributed by atoms with Gasteiger partial charge in [-0.2, -0.15) is 5.10 Å². The van der Waals surface area contributed by atoms with Gasteiger partial charge in [0.2, 0.25) is 0 Å². The van der Waals surface area contributed by atoms with E-state index in [4.69, 9.17) is 10.5 Å². The van der Waals surface area contributed by atoms with Crippen LogP contribution in [0.3, 0.4) is 0 Å². The highest BCUT2D eigenvalue weighted by molar-refractivity contribution is 5.98. The van der Waals surface area contributed by atoms with Crippen LogP contribution >= 0.6 is 0 Å². The van der Waals surface area contributed by atoms with Crippen molar-refractivity contribution in [1.82, 2.24) is 20.1 Å². The van der Waals surface area contributed by atoms with Crippen molar-refractivity contribution < 1.29 is 18.3 Å². The minimum atomic E-state index is -0.838. The van der Waals surface area contributed by atoms with E-state index in [1.807, 2.05) is 0 Å². The van der Waals surface area contributed by atoms with Gasteiger partial charge in [-0.1, -0.05) is 30.3 Å². The van der Waals surface area contributed by atoms with Gasteiger partial charge < -0.3 is 20.4 Å². The number of halogens is 2. The van der Waals surface area contributed by atoms with E-state index in [0.717, 1.165) is 11.6 Å². The largest absolute Gasteiger partial charge is 0.494 e. The molecule has 1 unspecified atom stereocenters. The third-order valence-electron chi connectivity index (χ3n) is 5.63. The molecule has 4 N–H and O–H groups in total. The highest BCUT2D eigenvalue weighted by atomic mass is 19.1. The van der Waals surface area contributed by atoms with Crippen molar-refractivity contribution in [2.45, 2.75) is 19.0 Å². The lowest BCUT2D eigenvalue weighted by Crippen LogP contribution is -2.30. The van der Waals surface area contributed by atoms with Gasteiger partial charge in [0.25, 0.3) is 11.5 Å². The lowest BCUT2D eigenvalue weighted by Gasteiger charge is -2.21. The van der Waals surface area contributed by atoms with Gasteiger partial charge in [-0.05, 0) is 29.3 Å². The number of nitrogens with zero attached hydrogens (tertiary/aromatic N) is 2. The lowest BCUT2D eigenvalue weighted by atomic mass is 9.96. The second-order valence-electron chi connectivity index (χ2n) is 7.88. The average molecular weight is 479 g/mol. The number of hydrogen-bond donors (Lipinski definition) is 3. The molecule has 4 aromatic rings. The lowest BCUT2D eigenvalue weighted by molar-refractivity contribution is 0.0937. The van der Waals surface area contributed by atoms with Crippen LogP contribution < -0.4 is 21.3 Å². The van der Waals surface area contributed by atoms with E-state index in [2.05, 4.69) is 15.5 Å². The third-order valence-corrected chi connectivity index (χ3v) is 5.63. The van der Waals surface area contributed by atoms with Gasteiger partial charge in [0.1, 0.15) is 17.2 Å². The molecule has 2 aromatic carbocycles. The first-order valence-electron chi connectivity index (χ1n) is 10.7. The van der Waals surface area contributed by atoms with E-state index in [1.165, 1.54) is 25.4 Å². The molecule has 0 aliphatic heterocycles. The van der Waals surface area contributed by atoms with Crippen molar-refractivity contribution in [2.24, 2.45) is 0 Å². The van der Waals surface area contributed by atoms with Crippen LogP contribution in [0, 0.1) is 11.6 Å². The zero-order chi connectivity index (χ0) is 24.9. The van der Waals surface area contributed by atoms with Crippen molar-refractivity contribution in [1.29, 1.82) is 0 Å². The fourth-order valence-corrected chi connectivity index (χ4v) is 3.73. The first-order valence-corrected chi connectivity index (χ1v) is 10.7. The number of nitrogen functional groups attached to an aromatic ring is 1. The number of hydrogen-bond acceptors (Lipinski definition) is 5. The number of carbonyl (C=O) groups excluding carboxylic acids is 1. The Morgan fingerprint density at radius 3 is 2.60 bits per heavy atom. The Morgan fingerprint density at radius 1 is 1.17 bits per heavy atom. The zero-order valence-corrected chi connectivity index (χ0v) is 18.8. The number of pyridine rings is 1.